The second kappa shape index (κ2) is 12.2. The number of aldehydes is 1. The normalized spacial score (nSPS) is 13.0. The lowest BCUT2D eigenvalue weighted by Gasteiger charge is -2.13. The predicted molar refractivity (Wildman–Crippen MR) is 139 cm³/mol. The van der Waals surface area contributed by atoms with Crippen LogP contribution in [0.5, 0.6) is 0 Å². The number of fused-ring (bicyclic) bond motifs is 1. The SMILES string of the molecule is C=C/C=C(\C=C)c1nc2ccc(C=O)cc2nc1C1=CCCC=C1.CNCc1ccccc1. The van der Waals surface area contributed by atoms with Gasteiger partial charge in [-0.2, -0.15) is 0 Å². The maximum atomic E-state index is 11.0. The molecule has 0 fully saturated rings. The van der Waals surface area contributed by atoms with Gasteiger partial charge in [0, 0.05) is 17.7 Å². The maximum absolute atomic E-state index is 11.0. The molecule has 0 bridgehead atoms. The minimum atomic E-state index is 0.592. The number of rotatable bonds is 7. The molecule has 0 saturated heterocycles. The van der Waals surface area contributed by atoms with Crippen LogP contribution in [0.25, 0.3) is 22.2 Å². The summed E-state index contributed by atoms with van der Waals surface area (Å²) in [5.41, 5.74) is 6.86. The Morgan fingerprint density at radius 3 is 2.52 bits per heavy atom. The van der Waals surface area contributed by atoms with Crippen LogP contribution in [-0.4, -0.2) is 23.3 Å². The van der Waals surface area contributed by atoms with Gasteiger partial charge in [-0.25, -0.2) is 9.97 Å². The summed E-state index contributed by atoms with van der Waals surface area (Å²) in [6, 6.07) is 15.7. The molecule has 0 spiro atoms. The minimum Gasteiger partial charge on any atom is -0.316 e. The first-order valence-corrected chi connectivity index (χ1v) is 11.0. The third kappa shape index (κ3) is 6.31. The van der Waals surface area contributed by atoms with Gasteiger partial charge in [0.1, 0.15) is 6.29 Å². The van der Waals surface area contributed by atoms with E-state index < -0.39 is 0 Å². The Hall–Kier alpha value is -3.89. The van der Waals surface area contributed by atoms with Gasteiger partial charge in [-0.3, -0.25) is 4.79 Å². The molecule has 4 nitrogen and oxygen atoms in total. The molecule has 3 aromatic rings. The van der Waals surface area contributed by atoms with Gasteiger partial charge in [0.15, 0.2) is 0 Å². The number of carbonyl (C=O) groups excluding carboxylic acids is 1. The highest BCUT2D eigenvalue weighted by Gasteiger charge is 2.15. The molecule has 1 aliphatic carbocycles. The van der Waals surface area contributed by atoms with E-state index in [9.17, 15) is 4.79 Å². The zero-order valence-corrected chi connectivity index (χ0v) is 19.0. The highest BCUT2D eigenvalue weighted by atomic mass is 16.1. The Morgan fingerprint density at radius 2 is 1.88 bits per heavy atom. The van der Waals surface area contributed by atoms with Gasteiger partial charge >= 0.3 is 0 Å². The second-order valence-corrected chi connectivity index (χ2v) is 7.50. The number of benzene rings is 2. The van der Waals surface area contributed by atoms with Crippen molar-refractivity contribution in [1.82, 2.24) is 15.3 Å². The smallest absolute Gasteiger partial charge is 0.150 e. The first-order valence-electron chi connectivity index (χ1n) is 11.0. The average Bonchev–Trinajstić information content (AvgIpc) is 2.88. The Morgan fingerprint density at radius 1 is 1.06 bits per heavy atom. The lowest BCUT2D eigenvalue weighted by molar-refractivity contribution is 0.112. The van der Waals surface area contributed by atoms with Gasteiger partial charge in [-0.15, -0.1) is 0 Å². The van der Waals surface area contributed by atoms with Crippen LogP contribution in [0.4, 0.5) is 0 Å². The number of allylic oxidation sites excluding steroid dienone is 8. The van der Waals surface area contributed by atoms with E-state index in [-0.39, 0.29) is 0 Å². The van der Waals surface area contributed by atoms with Gasteiger partial charge < -0.3 is 5.32 Å². The number of nitrogens with one attached hydrogen (secondary N) is 1. The zero-order valence-electron chi connectivity index (χ0n) is 19.0. The summed E-state index contributed by atoms with van der Waals surface area (Å²) in [5, 5.41) is 3.08. The number of nitrogens with zero attached hydrogens (tertiary/aromatic N) is 2. The van der Waals surface area contributed by atoms with Crippen LogP contribution in [0.15, 0.2) is 98.1 Å². The molecule has 33 heavy (non-hydrogen) atoms. The Labute approximate surface area is 195 Å². The average molecular weight is 436 g/mol. The lowest BCUT2D eigenvalue weighted by Crippen LogP contribution is -2.04. The first kappa shape index (κ1) is 23.8. The van der Waals surface area contributed by atoms with Gasteiger partial charge in [0.2, 0.25) is 0 Å². The fourth-order valence-corrected chi connectivity index (χ4v) is 3.51. The van der Waals surface area contributed by atoms with Gasteiger partial charge in [-0.05, 0) is 49.2 Å². The molecule has 4 rings (SSSR count). The first-order chi connectivity index (χ1) is 16.2. The fraction of sp³-hybridized carbons (Fsp3) is 0.138. The topological polar surface area (TPSA) is 54.9 Å². The Balaban J connectivity index is 0.000000286. The number of hydrogen-bond acceptors (Lipinski definition) is 4. The van der Waals surface area contributed by atoms with Gasteiger partial charge in [-0.1, -0.05) is 79.9 Å². The Bertz CT molecular complexity index is 1220. The van der Waals surface area contributed by atoms with Crippen molar-refractivity contribution in [3.05, 3.63) is 121 Å². The Kier molecular flexibility index (Phi) is 8.80. The van der Waals surface area contributed by atoms with E-state index in [2.05, 4.69) is 48.8 Å². The molecule has 1 aromatic heterocycles. The molecule has 0 radical (unpaired) electrons. The summed E-state index contributed by atoms with van der Waals surface area (Å²) >= 11 is 0. The second-order valence-electron chi connectivity index (χ2n) is 7.50. The number of hydrogen-bond donors (Lipinski definition) is 1. The summed E-state index contributed by atoms with van der Waals surface area (Å²) in [6.07, 6.45) is 14.6. The van der Waals surface area contributed by atoms with Crippen LogP contribution in [0.2, 0.25) is 0 Å². The molecule has 166 valence electrons. The molecule has 4 heteroatoms. The van der Waals surface area contributed by atoms with Crippen molar-refractivity contribution < 1.29 is 4.79 Å². The maximum Gasteiger partial charge on any atom is 0.150 e. The summed E-state index contributed by atoms with van der Waals surface area (Å²) in [7, 11) is 1.95. The molecule has 0 atom stereocenters. The summed E-state index contributed by atoms with van der Waals surface area (Å²) in [4.78, 5) is 20.6. The summed E-state index contributed by atoms with van der Waals surface area (Å²) in [6.45, 7) is 8.60. The fourth-order valence-electron chi connectivity index (χ4n) is 3.51. The van der Waals surface area contributed by atoms with Crippen LogP contribution in [0.3, 0.4) is 0 Å². The van der Waals surface area contributed by atoms with Crippen LogP contribution in [0.1, 0.15) is 40.2 Å². The van der Waals surface area contributed by atoms with Crippen molar-refractivity contribution >= 4 is 28.5 Å². The molecule has 0 aliphatic heterocycles. The highest BCUT2D eigenvalue weighted by molar-refractivity contribution is 5.90. The monoisotopic (exact) mass is 435 g/mol. The van der Waals surface area contributed by atoms with E-state index >= 15 is 0 Å². The summed E-state index contributed by atoms with van der Waals surface area (Å²) in [5.74, 6) is 0. The number of aromatic nitrogens is 2. The third-order valence-corrected chi connectivity index (χ3v) is 5.11. The molecule has 1 N–H and O–H groups in total. The molecule has 0 amide bonds. The summed E-state index contributed by atoms with van der Waals surface area (Å²) < 4.78 is 0. The van der Waals surface area contributed by atoms with Crippen LogP contribution < -0.4 is 5.32 Å². The van der Waals surface area contributed by atoms with E-state index in [1.54, 1.807) is 24.3 Å². The van der Waals surface area contributed by atoms with E-state index in [4.69, 9.17) is 9.97 Å². The molecular weight excluding hydrogens is 406 g/mol. The quantitative estimate of drug-likeness (QED) is 0.348. The zero-order chi connectivity index (χ0) is 23.5. The highest BCUT2D eigenvalue weighted by Crippen LogP contribution is 2.29. The molecular formula is C29H29N3O. The predicted octanol–water partition coefficient (Wildman–Crippen LogP) is 6.34. The van der Waals surface area contributed by atoms with E-state index in [0.29, 0.717) is 11.1 Å². The van der Waals surface area contributed by atoms with Crippen molar-refractivity contribution in [3.63, 3.8) is 0 Å². The van der Waals surface area contributed by atoms with E-state index in [0.717, 1.165) is 53.7 Å². The largest absolute Gasteiger partial charge is 0.316 e. The van der Waals surface area contributed by atoms with Crippen LogP contribution >= 0.6 is 0 Å². The molecule has 1 heterocycles. The standard InChI is InChI=1S/C21H18N2O.C8H11N/c1-3-8-16(4-2)20-21(17-9-6-5-7-10-17)23-19-13-15(14-24)11-12-18(19)22-20;1-9-7-8-5-3-2-4-6-8/h3-4,6,8-14H,1-2,5,7H2;2-6,9H,7H2,1H3/b16-8+;. The van der Waals surface area contributed by atoms with Crippen molar-refractivity contribution in [3.8, 4) is 0 Å². The molecule has 2 aromatic carbocycles. The van der Waals surface area contributed by atoms with Crippen molar-refractivity contribution in [1.29, 1.82) is 0 Å². The molecule has 0 unspecified atom stereocenters. The van der Waals surface area contributed by atoms with Crippen LogP contribution in [-0.2, 0) is 6.54 Å². The third-order valence-electron chi connectivity index (χ3n) is 5.11. The van der Waals surface area contributed by atoms with Crippen LogP contribution in [0, 0.1) is 0 Å². The molecule has 1 aliphatic rings. The minimum absolute atomic E-state index is 0.592. The number of carbonyl (C=O) groups is 1. The lowest BCUT2D eigenvalue weighted by atomic mass is 9.98. The van der Waals surface area contributed by atoms with Crippen molar-refractivity contribution in [2.75, 3.05) is 7.05 Å². The van der Waals surface area contributed by atoms with Crippen molar-refractivity contribution in [2.45, 2.75) is 19.4 Å². The molecule has 0 saturated carbocycles. The van der Waals surface area contributed by atoms with Crippen molar-refractivity contribution in [2.24, 2.45) is 0 Å². The van der Waals surface area contributed by atoms with E-state index in [1.165, 1.54) is 5.56 Å². The van der Waals surface area contributed by atoms with E-state index in [1.807, 2.05) is 37.4 Å². The van der Waals surface area contributed by atoms with Gasteiger partial charge in [0.05, 0.1) is 22.4 Å². The van der Waals surface area contributed by atoms with Gasteiger partial charge in [0.25, 0.3) is 0 Å².